The Kier molecular flexibility index (Phi) is 3.92. The molecule has 0 saturated heterocycles. The molecule has 3 nitrogen and oxygen atoms in total. The van der Waals surface area contributed by atoms with Gasteiger partial charge < -0.3 is 10.1 Å². The molecule has 0 bridgehead atoms. The highest BCUT2D eigenvalue weighted by atomic mass is 79.9. The van der Waals surface area contributed by atoms with Gasteiger partial charge in [0.15, 0.2) is 0 Å². The van der Waals surface area contributed by atoms with E-state index in [1.165, 1.54) is 6.92 Å². The third-order valence-electron chi connectivity index (χ3n) is 2.56. The molecule has 0 aromatic heterocycles. The first-order valence-electron chi connectivity index (χ1n) is 5.27. The summed E-state index contributed by atoms with van der Waals surface area (Å²) < 4.78 is 7.02. The van der Waals surface area contributed by atoms with Crippen molar-refractivity contribution in [3.8, 4) is 5.75 Å². The highest BCUT2D eigenvalue weighted by Crippen LogP contribution is 2.39. The molecule has 0 atom stereocenters. The zero-order valence-corrected chi connectivity index (χ0v) is 13.1. The Bertz CT molecular complexity index is 626. The van der Waals surface area contributed by atoms with Crippen molar-refractivity contribution in [2.75, 3.05) is 12.4 Å². The van der Waals surface area contributed by atoms with Crippen LogP contribution in [0, 0.1) is 0 Å². The number of ether oxygens (including phenoxy) is 1. The molecule has 0 aliphatic rings. The molecule has 2 aromatic rings. The van der Waals surface area contributed by atoms with Crippen LogP contribution in [-0.4, -0.2) is 13.0 Å². The van der Waals surface area contributed by atoms with Crippen molar-refractivity contribution in [1.82, 2.24) is 0 Å². The van der Waals surface area contributed by atoms with Gasteiger partial charge in [-0.25, -0.2) is 0 Å². The molecule has 2 aromatic carbocycles. The highest BCUT2D eigenvalue weighted by molar-refractivity contribution is 9.11. The van der Waals surface area contributed by atoms with Crippen LogP contribution in [0.4, 0.5) is 5.69 Å². The molecule has 0 unspecified atom stereocenters. The van der Waals surface area contributed by atoms with Crippen LogP contribution in [0.15, 0.2) is 33.2 Å². The van der Waals surface area contributed by atoms with E-state index < -0.39 is 0 Å². The monoisotopic (exact) mass is 371 g/mol. The first-order valence-corrected chi connectivity index (χ1v) is 6.85. The number of rotatable bonds is 2. The molecule has 0 aliphatic carbocycles. The fourth-order valence-corrected chi connectivity index (χ4v) is 2.97. The summed E-state index contributed by atoms with van der Waals surface area (Å²) >= 11 is 7.03. The quantitative estimate of drug-likeness (QED) is 0.851. The van der Waals surface area contributed by atoms with E-state index in [4.69, 9.17) is 4.74 Å². The molecule has 2 rings (SSSR count). The molecule has 0 heterocycles. The Morgan fingerprint density at radius 3 is 2.33 bits per heavy atom. The lowest BCUT2D eigenvalue weighted by molar-refractivity contribution is -0.114. The summed E-state index contributed by atoms with van der Waals surface area (Å²) in [6.07, 6.45) is 0. The summed E-state index contributed by atoms with van der Waals surface area (Å²) in [6, 6.07) is 7.64. The van der Waals surface area contributed by atoms with Gasteiger partial charge in [-0.05, 0) is 55.4 Å². The van der Waals surface area contributed by atoms with Crippen molar-refractivity contribution in [2.45, 2.75) is 6.92 Å². The molecule has 0 aliphatic heterocycles. The van der Waals surface area contributed by atoms with Gasteiger partial charge in [0.05, 0.1) is 17.3 Å². The molecule has 18 heavy (non-hydrogen) atoms. The minimum absolute atomic E-state index is 0.0948. The molecule has 94 valence electrons. The predicted octanol–water partition coefficient (Wildman–Crippen LogP) is 4.33. The summed E-state index contributed by atoms with van der Waals surface area (Å²) in [4.78, 5) is 11.1. The first-order chi connectivity index (χ1) is 8.54. The van der Waals surface area contributed by atoms with Crippen molar-refractivity contribution in [3.63, 3.8) is 0 Å². The molecule has 0 saturated carbocycles. The number of carbonyl (C=O) groups excluding carboxylic acids is 1. The van der Waals surface area contributed by atoms with E-state index >= 15 is 0 Å². The molecular weight excluding hydrogens is 362 g/mol. The molecular formula is C13H11Br2NO2. The number of hydrogen-bond acceptors (Lipinski definition) is 2. The lowest BCUT2D eigenvalue weighted by Crippen LogP contribution is -2.06. The van der Waals surface area contributed by atoms with Crippen molar-refractivity contribution in [3.05, 3.63) is 33.2 Å². The van der Waals surface area contributed by atoms with Crippen molar-refractivity contribution >= 4 is 54.2 Å². The second-order valence-corrected chi connectivity index (χ2v) is 5.37. The second kappa shape index (κ2) is 5.28. The topological polar surface area (TPSA) is 38.3 Å². The average Bonchev–Trinajstić information content (AvgIpc) is 2.33. The van der Waals surface area contributed by atoms with Crippen LogP contribution >= 0.6 is 31.9 Å². The maximum Gasteiger partial charge on any atom is 0.221 e. The van der Waals surface area contributed by atoms with Crippen molar-refractivity contribution in [1.29, 1.82) is 0 Å². The van der Waals surface area contributed by atoms with Gasteiger partial charge in [-0.15, -0.1) is 0 Å². The van der Waals surface area contributed by atoms with Crippen LogP contribution in [0.5, 0.6) is 5.75 Å². The number of carbonyl (C=O) groups is 1. The molecule has 5 heteroatoms. The summed E-state index contributed by atoms with van der Waals surface area (Å²) in [6.45, 7) is 1.49. The number of anilines is 1. The van der Waals surface area contributed by atoms with Gasteiger partial charge >= 0.3 is 0 Å². The van der Waals surface area contributed by atoms with Gasteiger partial charge in [0.25, 0.3) is 0 Å². The zero-order valence-electron chi connectivity index (χ0n) is 9.88. The largest absolute Gasteiger partial charge is 0.496 e. The van der Waals surface area contributed by atoms with E-state index in [1.54, 1.807) is 7.11 Å². The third kappa shape index (κ3) is 2.37. The minimum atomic E-state index is -0.0948. The SMILES string of the molecule is COc1ccc2c(Br)c(NC(C)=O)ccc2c1Br. The third-order valence-corrected chi connectivity index (χ3v) is 4.24. The van der Waals surface area contributed by atoms with Gasteiger partial charge in [-0.3, -0.25) is 4.79 Å². The number of fused-ring (bicyclic) bond motifs is 1. The predicted molar refractivity (Wildman–Crippen MR) is 80.2 cm³/mol. The van der Waals surface area contributed by atoms with Crippen LogP contribution in [0.25, 0.3) is 10.8 Å². The van der Waals surface area contributed by atoms with E-state index in [-0.39, 0.29) is 5.91 Å². The molecule has 0 spiro atoms. The lowest BCUT2D eigenvalue weighted by atomic mass is 10.1. The molecule has 1 N–H and O–H groups in total. The van der Waals surface area contributed by atoms with Gasteiger partial charge in [-0.1, -0.05) is 6.07 Å². The fraction of sp³-hybridized carbons (Fsp3) is 0.154. The zero-order chi connectivity index (χ0) is 13.3. The van der Waals surface area contributed by atoms with E-state index in [2.05, 4.69) is 37.2 Å². The van der Waals surface area contributed by atoms with Crippen molar-refractivity contribution in [2.24, 2.45) is 0 Å². The Hall–Kier alpha value is -1.07. The normalized spacial score (nSPS) is 10.4. The Morgan fingerprint density at radius 2 is 1.72 bits per heavy atom. The number of benzene rings is 2. The maximum absolute atomic E-state index is 11.1. The van der Waals surface area contributed by atoms with E-state index in [1.807, 2.05) is 24.3 Å². The van der Waals surface area contributed by atoms with Crippen LogP contribution in [0.1, 0.15) is 6.92 Å². The number of halogens is 2. The van der Waals surface area contributed by atoms with Gasteiger partial charge in [0.2, 0.25) is 5.91 Å². The van der Waals surface area contributed by atoms with Crippen LogP contribution < -0.4 is 10.1 Å². The Balaban J connectivity index is 2.65. The number of methoxy groups -OCH3 is 1. The summed E-state index contributed by atoms with van der Waals surface area (Å²) in [7, 11) is 1.63. The summed E-state index contributed by atoms with van der Waals surface area (Å²) in [5.74, 6) is 0.685. The van der Waals surface area contributed by atoms with E-state index in [9.17, 15) is 4.79 Å². The van der Waals surface area contributed by atoms with Crippen LogP contribution in [-0.2, 0) is 4.79 Å². The molecule has 0 radical (unpaired) electrons. The van der Waals surface area contributed by atoms with Crippen LogP contribution in [0.3, 0.4) is 0 Å². The minimum Gasteiger partial charge on any atom is -0.496 e. The van der Waals surface area contributed by atoms with Crippen molar-refractivity contribution < 1.29 is 9.53 Å². The highest BCUT2D eigenvalue weighted by Gasteiger charge is 2.11. The second-order valence-electron chi connectivity index (χ2n) is 3.79. The van der Waals surface area contributed by atoms with Gasteiger partial charge in [0, 0.05) is 16.8 Å². The maximum atomic E-state index is 11.1. The summed E-state index contributed by atoms with van der Waals surface area (Å²) in [5, 5.41) is 4.81. The van der Waals surface area contributed by atoms with E-state index in [0.29, 0.717) is 0 Å². The Labute approximate surface area is 122 Å². The molecule has 1 amide bonds. The van der Waals surface area contributed by atoms with Gasteiger partial charge in [0.1, 0.15) is 5.75 Å². The lowest BCUT2D eigenvalue weighted by Gasteiger charge is -2.11. The van der Waals surface area contributed by atoms with E-state index in [0.717, 1.165) is 31.2 Å². The number of hydrogen-bond donors (Lipinski definition) is 1. The fourth-order valence-electron chi connectivity index (χ4n) is 1.76. The van der Waals surface area contributed by atoms with Crippen LogP contribution in [0.2, 0.25) is 0 Å². The summed E-state index contributed by atoms with van der Waals surface area (Å²) in [5.41, 5.74) is 0.757. The number of amides is 1. The standard InChI is InChI=1S/C13H11Br2NO2/c1-7(17)16-10-5-3-9-8(12(10)14)4-6-11(18-2)13(9)15/h3-6H,1-2H3,(H,16,17). The average molecular weight is 373 g/mol. The smallest absolute Gasteiger partial charge is 0.221 e. The number of nitrogens with one attached hydrogen (secondary N) is 1. The molecule has 0 fully saturated rings. The van der Waals surface area contributed by atoms with Gasteiger partial charge in [-0.2, -0.15) is 0 Å². The Morgan fingerprint density at radius 1 is 1.11 bits per heavy atom. The first kappa shape index (κ1) is 13.4.